The van der Waals surface area contributed by atoms with Gasteiger partial charge < -0.3 is 14.4 Å². The molecule has 1 aromatic carbocycles. The molecule has 0 amide bonds. The molecule has 0 bridgehead atoms. The summed E-state index contributed by atoms with van der Waals surface area (Å²) in [6, 6.07) is 3.46. The van der Waals surface area contributed by atoms with Crippen LogP contribution >= 0.6 is 0 Å². The first-order valence-electron chi connectivity index (χ1n) is 6.11. The van der Waals surface area contributed by atoms with Crippen molar-refractivity contribution in [2.24, 2.45) is 0 Å². The lowest BCUT2D eigenvalue weighted by Gasteiger charge is -2.11. The number of hydrogen-bond acceptors (Lipinski definition) is 3. The zero-order chi connectivity index (χ0) is 14.3. The van der Waals surface area contributed by atoms with Crippen LogP contribution in [0.3, 0.4) is 0 Å². The van der Waals surface area contributed by atoms with Crippen molar-refractivity contribution in [1.29, 1.82) is 0 Å². The maximum atomic E-state index is 12.2. The van der Waals surface area contributed by atoms with Gasteiger partial charge in [-0.1, -0.05) is 5.92 Å². The number of aromatic carboxylic acids is 1. The Balaban J connectivity index is 2.41. The molecule has 0 aliphatic carbocycles. The van der Waals surface area contributed by atoms with Crippen LogP contribution in [-0.4, -0.2) is 22.2 Å². The van der Waals surface area contributed by atoms with E-state index in [1.54, 1.807) is 10.6 Å². The summed E-state index contributed by atoms with van der Waals surface area (Å²) in [7, 11) is 0. The Morgan fingerprint density at radius 1 is 1.50 bits per heavy atom. The van der Waals surface area contributed by atoms with Gasteiger partial charge >= 0.3 is 5.97 Å². The number of hydrogen-bond donors (Lipinski definition) is 1. The first kappa shape index (κ1) is 12.3. The molecule has 20 heavy (non-hydrogen) atoms. The predicted octanol–water partition coefficient (Wildman–Crippen LogP) is 1.27. The van der Waals surface area contributed by atoms with E-state index < -0.39 is 11.4 Å². The number of nitrogens with zero attached hydrogens (tertiary/aromatic N) is 1. The molecule has 5 heteroatoms. The molecule has 0 saturated carbocycles. The van der Waals surface area contributed by atoms with Gasteiger partial charge in [0, 0.05) is 12.6 Å². The van der Waals surface area contributed by atoms with Crippen LogP contribution in [0.5, 0.6) is 5.75 Å². The first-order chi connectivity index (χ1) is 9.61. The molecule has 100 valence electrons. The quantitative estimate of drug-likeness (QED) is 0.834. The minimum atomic E-state index is -1.26. The topological polar surface area (TPSA) is 68.5 Å². The summed E-state index contributed by atoms with van der Waals surface area (Å²) in [5.74, 6) is 1.85. The van der Waals surface area contributed by atoms with E-state index in [0.717, 1.165) is 12.0 Å². The normalized spacial score (nSPS) is 12.8. The van der Waals surface area contributed by atoms with E-state index in [1.807, 2.05) is 6.07 Å². The van der Waals surface area contributed by atoms with Crippen LogP contribution in [0.2, 0.25) is 0 Å². The fourth-order valence-electron chi connectivity index (χ4n) is 2.44. The van der Waals surface area contributed by atoms with Gasteiger partial charge in [-0.15, -0.1) is 6.42 Å². The molecule has 1 aliphatic heterocycles. The highest BCUT2D eigenvalue weighted by atomic mass is 16.5. The largest absolute Gasteiger partial charge is 0.493 e. The highest BCUT2D eigenvalue weighted by Gasteiger charge is 2.19. The lowest BCUT2D eigenvalue weighted by Crippen LogP contribution is -2.19. The van der Waals surface area contributed by atoms with E-state index in [4.69, 9.17) is 16.3 Å². The maximum absolute atomic E-state index is 12.2. The second-order valence-electron chi connectivity index (χ2n) is 4.58. The van der Waals surface area contributed by atoms with E-state index in [0.29, 0.717) is 23.3 Å². The Bertz CT molecular complexity index is 826. The van der Waals surface area contributed by atoms with Crippen LogP contribution in [0.4, 0.5) is 0 Å². The Kier molecular flexibility index (Phi) is 2.72. The zero-order valence-corrected chi connectivity index (χ0v) is 10.5. The summed E-state index contributed by atoms with van der Waals surface area (Å²) in [4.78, 5) is 23.4. The van der Waals surface area contributed by atoms with Gasteiger partial charge in [-0.2, -0.15) is 0 Å². The van der Waals surface area contributed by atoms with Gasteiger partial charge in [0.15, 0.2) is 0 Å². The summed E-state index contributed by atoms with van der Waals surface area (Å²) >= 11 is 0. The van der Waals surface area contributed by atoms with Crippen LogP contribution in [-0.2, 0) is 13.0 Å². The van der Waals surface area contributed by atoms with Crippen LogP contribution in [0, 0.1) is 12.3 Å². The Morgan fingerprint density at radius 2 is 2.30 bits per heavy atom. The summed E-state index contributed by atoms with van der Waals surface area (Å²) in [5.41, 5.74) is 0.845. The second kappa shape index (κ2) is 4.42. The molecule has 1 aromatic heterocycles. The lowest BCUT2D eigenvalue weighted by atomic mass is 10.1. The molecule has 0 radical (unpaired) electrons. The Hall–Kier alpha value is -2.74. The number of rotatable bonds is 2. The number of fused-ring (bicyclic) bond motifs is 2. The molecular formula is C15H11NO4. The van der Waals surface area contributed by atoms with Crippen molar-refractivity contribution in [3.8, 4) is 18.1 Å². The third-order valence-corrected chi connectivity index (χ3v) is 3.38. The van der Waals surface area contributed by atoms with E-state index in [1.165, 1.54) is 6.20 Å². The Morgan fingerprint density at radius 3 is 3.00 bits per heavy atom. The molecule has 2 aromatic rings. The Labute approximate surface area is 114 Å². The van der Waals surface area contributed by atoms with Crippen molar-refractivity contribution in [1.82, 2.24) is 4.57 Å². The third-order valence-electron chi connectivity index (χ3n) is 3.38. The van der Waals surface area contributed by atoms with Gasteiger partial charge in [0.1, 0.15) is 11.3 Å². The van der Waals surface area contributed by atoms with E-state index >= 15 is 0 Å². The van der Waals surface area contributed by atoms with Crippen molar-refractivity contribution < 1.29 is 14.6 Å². The lowest BCUT2D eigenvalue weighted by molar-refractivity contribution is 0.0695. The fraction of sp³-hybridized carbons (Fsp3) is 0.200. The zero-order valence-electron chi connectivity index (χ0n) is 10.5. The molecule has 1 N–H and O–H groups in total. The number of pyridine rings is 1. The number of carboxylic acid groups (broad SMARTS) is 1. The molecule has 0 saturated heterocycles. The number of carbonyl (C=O) groups is 1. The SMILES string of the molecule is C#CCn1cc(C(=O)O)c(=O)c2cc3c(cc21)CCO3. The number of terminal acetylenes is 1. The molecular weight excluding hydrogens is 258 g/mol. The summed E-state index contributed by atoms with van der Waals surface area (Å²) in [5, 5.41) is 9.44. The van der Waals surface area contributed by atoms with Crippen molar-refractivity contribution in [3.63, 3.8) is 0 Å². The van der Waals surface area contributed by atoms with Crippen molar-refractivity contribution >= 4 is 16.9 Å². The number of benzene rings is 1. The van der Waals surface area contributed by atoms with Gasteiger partial charge in [0.25, 0.3) is 0 Å². The summed E-state index contributed by atoms with van der Waals surface area (Å²) < 4.78 is 7.04. The first-order valence-corrected chi connectivity index (χ1v) is 6.11. The van der Waals surface area contributed by atoms with Gasteiger partial charge in [-0.25, -0.2) is 4.79 Å². The molecule has 5 nitrogen and oxygen atoms in total. The number of carboxylic acids is 1. The minimum absolute atomic E-state index is 0.205. The second-order valence-corrected chi connectivity index (χ2v) is 4.58. The number of ether oxygens (including phenoxy) is 1. The average molecular weight is 269 g/mol. The maximum Gasteiger partial charge on any atom is 0.341 e. The van der Waals surface area contributed by atoms with Crippen LogP contribution in [0.25, 0.3) is 10.9 Å². The van der Waals surface area contributed by atoms with Gasteiger partial charge in [0.05, 0.1) is 24.1 Å². The van der Waals surface area contributed by atoms with Crippen LogP contribution < -0.4 is 10.2 Å². The van der Waals surface area contributed by atoms with Gasteiger partial charge in [0.2, 0.25) is 5.43 Å². The predicted molar refractivity (Wildman–Crippen MR) is 73.2 cm³/mol. The number of aromatic nitrogens is 1. The molecule has 0 spiro atoms. The van der Waals surface area contributed by atoms with E-state index in [9.17, 15) is 9.59 Å². The molecule has 0 atom stereocenters. The fourth-order valence-corrected chi connectivity index (χ4v) is 2.44. The van der Waals surface area contributed by atoms with Crippen LogP contribution in [0.1, 0.15) is 15.9 Å². The minimum Gasteiger partial charge on any atom is -0.493 e. The van der Waals surface area contributed by atoms with Crippen molar-refractivity contribution in [2.75, 3.05) is 6.61 Å². The smallest absolute Gasteiger partial charge is 0.341 e. The molecule has 0 unspecified atom stereocenters. The third kappa shape index (κ3) is 1.74. The van der Waals surface area contributed by atoms with Gasteiger partial charge in [-0.05, 0) is 17.7 Å². The van der Waals surface area contributed by atoms with Gasteiger partial charge in [-0.3, -0.25) is 4.79 Å². The standard InChI is InChI=1S/C15H11NO4/c1-2-4-16-8-11(15(18)19)14(17)10-7-13-9(3-5-20-13)6-12(10)16/h1,6-8H,3-5H2,(H,18,19). The summed E-state index contributed by atoms with van der Waals surface area (Å²) in [6.07, 6.45) is 7.38. The summed E-state index contributed by atoms with van der Waals surface area (Å²) in [6.45, 7) is 0.775. The molecule has 1 aliphatic rings. The average Bonchev–Trinajstić information content (AvgIpc) is 2.87. The molecule has 0 fully saturated rings. The van der Waals surface area contributed by atoms with E-state index in [-0.39, 0.29) is 12.1 Å². The van der Waals surface area contributed by atoms with Crippen molar-refractivity contribution in [3.05, 3.63) is 39.7 Å². The molecule has 2 heterocycles. The van der Waals surface area contributed by atoms with Crippen LogP contribution in [0.15, 0.2) is 23.1 Å². The van der Waals surface area contributed by atoms with E-state index in [2.05, 4.69) is 5.92 Å². The monoisotopic (exact) mass is 269 g/mol. The highest BCUT2D eigenvalue weighted by Crippen LogP contribution is 2.29. The highest BCUT2D eigenvalue weighted by molar-refractivity contribution is 5.93. The molecule has 3 rings (SSSR count). The van der Waals surface area contributed by atoms with Crippen molar-refractivity contribution in [2.45, 2.75) is 13.0 Å².